The highest BCUT2D eigenvalue weighted by Crippen LogP contribution is 2.25. The standard InChI is InChI=1S/C15H21N3O/c1-4-8-18-9-7-13(17-18)11-16-14-10-12(2)5-6-15(14)19-3/h5-7,9-10,16H,4,8,11H2,1-3H3. The van der Waals surface area contributed by atoms with E-state index in [1.165, 1.54) is 5.56 Å². The number of methoxy groups -OCH3 is 1. The SMILES string of the molecule is CCCn1ccc(CNc2cc(C)ccc2OC)n1. The van der Waals surface area contributed by atoms with Gasteiger partial charge in [-0.2, -0.15) is 5.10 Å². The van der Waals surface area contributed by atoms with Gasteiger partial charge in [0.1, 0.15) is 5.75 Å². The highest BCUT2D eigenvalue weighted by molar-refractivity contribution is 5.58. The van der Waals surface area contributed by atoms with E-state index in [1.807, 2.05) is 29.1 Å². The molecule has 1 heterocycles. The Morgan fingerprint density at radius 1 is 1.32 bits per heavy atom. The molecule has 2 rings (SSSR count). The van der Waals surface area contributed by atoms with Crippen LogP contribution in [0.4, 0.5) is 5.69 Å². The number of benzene rings is 1. The van der Waals surface area contributed by atoms with Crippen LogP contribution in [0.25, 0.3) is 0 Å². The summed E-state index contributed by atoms with van der Waals surface area (Å²) in [6, 6.07) is 8.15. The van der Waals surface area contributed by atoms with Crippen molar-refractivity contribution in [2.45, 2.75) is 33.4 Å². The van der Waals surface area contributed by atoms with Crippen molar-refractivity contribution >= 4 is 5.69 Å². The first kappa shape index (κ1) is 13.5. The van der Waals surface area contributed by atoms with Crippen LogP contribution in [0.15, 0.2) is 30.5 Å². The minimum absolute atomic E-state index is 0.705. The number of rotatable bonds is 6. The molecule has 4 nitrogen and oxygen atoms in total. The summed E-state index contributed by atoms with van der Waals surface area (Å²) >= 11 is 0. The molecule has 0 saturated heterocycles. The van der Waals surface area contributed by atoms with Crippen molar-refractivity contribution in [2.75, 3.05) is 12.4 Å². The van der Waals surface area contributed by atoms with Crippen LogP contribution in [0.1, 0.15) is 24.6 Å². The van der Waals surface area contributed by atoms with Gasteiger partial charge in [0.05, 0.1) is 25.0 Å². The molecule has 0 amide bonds. The van der Waals surface area contributed by atoms with E-state index >= 15 is 0 Å². The molecule has 1 aromatic heterocycles. The van der Waals surface area contributed by atoms with Crippen molar-refractivity contribution in [2.24, 2.45) is 0 Å². The minimum atomic E-state index is 0.705. The zero-order valence-electron chi connectivity index (χ0n) is 11.8. The van der Waals surface area contributed by atoms with E-state index in [0.717, 1.165) is 30.1 Å². The van der Waals surface area contributed by atoms with Crippen LogP contribution in [0.5, 0.6) is 5.75 Å². The van der Waals surface area contributed by atoms with Gasteiger partial charge in [-0.3, -0.25) is 4.68 Å². The van der Waals surface area contributed by atoms with Gasteiger partial charge in [-0.05, 0) is 37.1 Å². The van der Waals surface area contributed by atoms with E-state index in [-0.39, 0.29) is 0 Å². The minimum Gasteiger partial charge on any atom is -0.495 e. The second-order valence-corrected chi connectivity index (χ2v) is 4.63. The lowest BCUT2D eigenvalue weighted by atomic mass is 10.2. The van der Waals surface area contributed by atoms with Gasteiger partial charge in [-0.15, -0.1) is 0 Å². The number of hydrogen-bond donors (Lipinski definition) is 1. The zero-order valence-corrected chi connectivity index (χ0v) is 11.8. The lowest BCUT2D eigenvalue weighted by Gasteiger charge is -2.11. The van der Waals surface area contributed by atoms with E-state index in [0.29, 0.717) is 6.54 Å². The van der Waals surface area contributed by atoms with E-state index < -0.39 is 0 Å². The van der Waals surface area contributed by atoms with Crippen LogP contribution in [-0.4, -0.2) is 16.9 Å². The normalized spacial score (nSPS) is 10.5. The summed E-state index contributed by atoms with van der Waals surface area (Å²) in [7, 11) is 1.69. The monoisotopic (exact) mass is 259 g/mol. The fourth-order valence-electron chi connectivity index (χ4n) is 2.00. The molecule has 4 heteroatoms. The van der Waals surface area contributed by atoms with Crippen LogP contribution < -0.4 is 10.1 Å². The van der Waals surface area contributed by atoms with Crippen molar-refractivity contribution in [1.29, 1.82) is 0 Å². The lowest BCUT2D eigenvalue weighted by Crippen LogP contribution is -2.04. The summed E-state index contributed by atoms with van der Waals surface area (Å²) in [6.07, 6.45) is 3.12. The first-order valence-corrected chi connectivity index (χ1v) is 6.63. The summed E-state index contributed by atoms with van der Waals surface area (Å²) in [6.45, 7) is 5.89. The molecule has 0 saturated carbocycles. The Morgan fingerprint density at radius 3 is 2.89 bits per heavy atom. The van der Waals surface area contributed by atoms with E-state index in [2.05, 4.69) is 30.3 Å². The number of hydrogen-bond acceptors (Lipinski definition) is 3. The van der Waals surface area contributed by atoms with Gasteiger partial charge in [0.25, 0.3) is 0 Å². The second-order valence-electron chi connectivity index (χ2n) is 4.63. The molecule has 0 fully saturated rings. The van der Waals surface area contributed by atoms with Crippen molar-refractivity contribution < 1.29 is 4.74 Å². The number of aryl methyl sites for hydroxylation is 2. The highest BCUT2D eigenvalue weighted by atomic mass is 16.5. The third-order valence-corrected chi connectivity index (χ3v) is 2.96. The Hall–Kier alpha value is -1.97. The number of anilines is 1. The third-order valence-electron chi connectivity index (χ3n) is 2.96. The van der Waals surface area contributed by atoms with E-state index in [9.17, 15) is 0 Å². The van der Waals surface area contributed by atoms with Gasteiger partial charge in [0, 0.05) is 12.7 Å². The maximum atomic E-state index is 5.34. The molecular formula is C15H21N3O. The first-order chi connectivity index (χ1) is 9.22. The molecule has 0 aliphatic heterocycles. The third kappa shape index (κ3) is 3.50. The Kier molecular flexibility index (Phi) is 4.44. The molecule has 0 spiro atoms. The Balaban J connectivity index is 2.03. The predicted molar refractivity (Wildman–Crippen MR) is 77.6 cm³/mol. The van der Waals surface area contributed by atoms with Crippen LogP contribution in [0, 0.1) is 6.92 Å². The van der Waals surface area contributed by atoms with Crippen molar-refractivity contribution in [3.8, 4) is 5.75 Å². The molecule has 0 atom stereocenters. The van der Waals surface area contributed by atoms with Gasteiger partial charge >= 0.3 is 0 Å². The van der Waals surface area contributed by atoms with Crippen molar-refractivity contribution in [3.63, 3.8) is 0 Å². The molecule has 1 aromatic carbocycles. The van der Waals surface area contributed by atoms with Gasteiger partial charge < -0.3 is 10.1 Å². The summed E-state index contributed by atoms with van der Waals surface area (Å²) < 4.78 is 7.32. The summed E-state index contributed by atoms with van der Waals surface area (Å²) in [5, 5.41) is 7.88. The number of aromatic nitrogens is 2. The van der Waals surface area contributed by atoms with Crippen LogP contribution in [0.3, 0.4) is 0 Å². The Bertz CT molecular complexity index is 534. The summed E-state index contributed by atoms with van der Waals surface area (Å²) in [4.78, 5) is 0. The second kappa shape index (κ2) is 6.27. The van der Waals surface area contributed by atoms with Crippen molar-refractivity contribution in [3.05, 3.63) is 41.7 Å². The molecule has 0 bridgehead atoms. The first-order valence-electron chi connectivity index (χ1n) is 6.63. The van der Waals surface area contributed by atoms with Gasteiger partial charge in [0.2, 0.25) is 0 Å². The fraction of sp³-hybridized carbons (Fsp3) is 0.400. The molecule has 2 aromatic rings. The van der Waals surface area contributed by atoms with Crippen molar-refractivity contribution in [1.82, 2.24) is 9.78 Å². The predicted octanol–water partition coefficient (Wildman–Crippen LogP) is 3.22. The molecule has 0 radical (unpaired) electrons. The number of nitrogens with zero attached hydrogens (tertiary/aromatic N) is 2. The van der Waals surface area contributed by atoms with Gasteiger partial charge in [-0.1, -0.05) is 13.0 Å². The van der Waals surface area contributed by atoms with Crippen LogP contribution in [0.2, 0.25) is 0 Å². The fourth-order valence-corrected chi connectivity index (χ4v) is 2.00. The summed E-state index contributed by atoms with van der Waals surface area (Å²) in [5.74, 6) is 0.860. The smallest absolute Gasteiger partial charge is 0.141 e. The Labute approximate surface area is 114 Å². The quantitative estimate of drug-likeness (QED) is 0.865. The molecular weight excluding hydrogens is 238 g/mol. The average molecular weight is 259 g/mol. The maximum Gasteiger partial charge on any atom is 0.141 e. The highest BCUT2D eigenvalue weighted by Gasteiger charge is 2.04. The maximum absolute atomic E-state index is 5.34. The molecule has 0 aliphatic rings. The molecule has 102 valence electrons. The van der Waals surface area contributed by atoms with Gasteiger partial charge in [-0.25, -0.2) is 0 Å². The summed E-state index contributed by atoms with van der Waals surface area (Å²) in [5.41, 5.74) is 3.25. The molecule has 19 heavy (non-hydrogen) atoms. The molecule has 0 aliphatic carbocycles. The molecule has 1 N–H and O–H groups in total. The van der Waals surface area contributed by atoms with E-state index in [4.69, 9.17) is 4.74 Å². The van der Waals surface area contributed by atoms with Gasteiger partial charge in [0.15, 0.2) is 0 Å². The lowest BCUT2D eigenvalue weighted by molar-refractivity contribution is 0.416. The van der Waals surface area contributed by atoms with Crippen LogP contribution in [-0.2, 0) is 13.1 Å². The van der Waals surface area contributed by atoms with E-state index in [1.54, 1.807) is 7.11 Å². The Morgan fingerprint density at radius 2 is 2.16 bits per heavy atom. The topological polar surface area (TPSA) is 39.1 Å². The van der Waals surface area contributed by atoms with Crippen LogP contribution >= 0.6 is 0 Å². The molecule has 0 unspecified atom stereocenters. The average Bonchev–Trinajstić information content (AvgIpc) is 2.85. The largest absolute Gasteiger partial charge is 0.495 e. The number of nitrogens with one attached hydrogen (secondary N) is 1. The number of ether oxygens (including phenoxy) is 1. The zero-order chi connectivity index (χ0) is 13.7.